The van der Waals surface area contributed by atoms with Crippen LogP contribution in [0.25, 0.3) is 6.08 Å². The van der Waals surface area contributed by atoms with Crippen LogP contribution >= 0.6 is 0 Å². The number of rotatable bonds is 10. The topological polar surface area (TPSA) is 89.8 Å². The average molecular weight is 382 g/mol. The molecular weight excluding hydrogens is 360 g/mol. The number of carbonyl (C=O) groups excluding carboxylic acids is 1. The summed E-state index contributed by atoms with van der Waals surface area (Å²) in [4.78, 5) is 11.9. The molecule has 0 fully saturated rings. The molecule has 0 aliphatic carbocycles. The Morgan fingerprint density at radius 2 is 1.79 bits per heavy atom. The van der Waals surface area contributed by atoms with Gasteiger partial charge in [-0.3, -0.25) is 4.79 Å². The first-order valence-electron chi connectivity index (χ1n) is 8.57. The first-order chi connectivity index (χ1) is 13.7. The largest absolute Gasteiger partial charge is 0.497 e. The van der Waals surface area contributed by atoms with Gasteiger partial charge in [0.05, 0.1) is 20.8 Å². The molecule has 7 heteroatoms. The first kappa shape index (κ1) is 20.6. The SMILES string of the molecule is COc1ccc(OCCNC(=O)/C=C/c2ccc(OCC#N)c(OC)c2)cc1. The Labute approximate surface area is 164 Å². The summed E-state index contributed by atoms with van der Waals surface area (Å²) in [7, 11) is 3.11. The molecule has 0 aliphatic rings. The number of hydrogen-bond acceptors (Lipinski definition) is 6. The van der Waals surface area contributed by atoms with E-state index in [1.54, 1.807) is 43.5 Å². The molecule has 2 aromatic rings. The molecule has 0 bridgehead atoms. The lowest BCUT2D eigenvalue weighted by molar-refractivity contribution is -0.116. The van der Waals surface area contributed by atoms with Gasteiger partial charge in [0.15, 0.2) is 18.1 Å². The van der Waals surface area contributed by atoms with Crippen molar-refractivity contribution in [3.8, 4) is 29.1 Å². The number of carbonyl (C=O) groups is 1. The van der Waals surface area contributed by atoms with Crippen molar-refractivity contribution in [1.82, 2.24) is 5.32 Å². The maximum Gasteiger partial charge on any atom is 0.244 e. The Bertz CT molecular complexity index is 841. The van der Waals surface area contributed by atoms with Gasteiger partial charge in [0.2, 0.25) is 5.91 Å². The standard InChI is InChI=1S/C21H22N2O5/c1-25-17-5-7-18(8-6-17)27-14-12-23-21(24)10-4-16-3-9-19(28-13-11-22)20(15-16)26-2/h3-10,15H,12-14H2,1-2H3,(H,23,24)/b10-4+. The second-order valence-corrected chi connectivity index (χ2v) is 5.51. The fraction of sp³-hybridized carbons (Fsp3) is 0.238. The molecule has 1 N–H and O–H groups in total. The molecule has 2 rings (SSSR count). The Balaban J connectivity index is 1.78. The third-order valence-corrected chi connectivity index (χ3v) is 3.64. The summed E-state index contributed by atoms with van der Waals surface area (Å²) in [6.45, 7) is 0.663. The van der Waals surface area contributed by atoms with Gasteiger partial charge in [-0.15, -0.1) is 0 Å². The predicted molar refractivity (Wildman–Crippen MR) is 105 cm³/mol. The number of benzene rings is 2. The molecule has 0 radical (unpaired) electrons. The van der Waals surface area contributed by atoms with Crippen LogP contribution in [0.3, 0.4) is 0 Å². The Hall–Kier alpha value is -3.66. The van der Waals surface area contributed by atoms with Crippen molar-refractivity contribution in [2.24, 2.45) is 0 Å². The van der Waals surface area contributed by atoms with Gasteiger partial charge in [0.25, 0.3) is 0 Å². The molecule has 0 atom stereocenters. The summed E-state index contributed by atoms with van der Waals surface area (Å²) >= 11 is 0. The summed E-state index contributed by atoms with van der Waals surface area (Å²) in [5.74, 6) is 2.19. The fourth-order valence-electron chi connectivity index (χ4n) is 2.26. The van der Waals surface area contributed by atoms with Crippen molar-refractivity contribution in [2.45, 2.75) is 0 Å². The van der Waals surface area contributed by atoms with E-state index in [4.69, 9.17) is 24.2 Å². The van der Waals surface area contributed by atoms with Crippen LogP contribution in [0.15, 0.2) is 48.5 Å². The van der Waals surface area contributed by atoms with E-state index in [0.29, 0.717) is 30.4 Å². The Kier molecular flexibility index (Phi) is 8.21. The molecule has 0 unspecified atom stereocenters. The maximum atomic E-state index is 11.9. The zero-order valence-electron chi connectivity index (χ0n) is 15.8. The van der Waals surface area contributed by atoms with Crippen LogP contribution in [0, 0.1) is 11.3 Å². The molecule has 0 spiro atoms. The third-order valence-electron chi connectivity index (χ3n) is 3.64. The minimum absolute atomic E-state index is 0.0629. The van der Waals surface area contributed by atoms with Crippen LogP contribution in [0.4, 0.5) is 0 Å². The Morgan fingerprint density at radius 3 is 2.46 bits per heavy atom. The molecule has 0 heterocycles. The van der Waals surface area contributed by atoms with Crippen LogP contribution in [-0.2, 0) is 4.79 Å². The number of ether oxygens (including phenoxy) is 4. The summed E-state index contributed by atoms with van der Waals surface area (Å²) in [5.41, 5.74) is 0.769. The third kappa shape index (κ3) is 6.57. The summed E-state index contributed by atoms with van der Waals surface area (Å²) < 4.78 is 21.1. The molecule has 146 valence electrons. The molecule has 0 saturated heterocycles. The molecule has 2 aromatic carbocycles. The number of nitrogens with zero attached hydrogens (tertiary/aromatic N) is 1. The minimum Gasteiger partial charge on any atom is -0.497 e. The summed E-state index contributed by atoms with van der Waals surface area (Å²) in [6.07, 6.45) is 3.09. The number of hydrogen-bond donors (Lipinski definition) is 1. The van der Waals surface area contributed by atoms with Crippen molar-refractivity contribution >= 4 is 12.0 Å². The zero-order valence-corrected chi connectivity index (χ0v) is 15.8. The van der Waals surface area contributed by atoms with Gasteiger partial charge in [-0.05, 0) is 48.0 Å². The highest BCUT2D eigenvalue weighted by Gasteiger charge is 2.05. The van der Waals surface area contributed by atoms with Crippen molar-refractivity contribution < 1.29 is 23.7 Å². The monoisotopic (exact) mass is 382 g/mol. The van der Waals surface area contributed by atoms with Gasteiger partial charge < -0.3 is 24.3 Å². The molecule has 7 nitrogen and oxygen atoms in total. The first-order valence-corrected chi connectivity index (χ1v) is 8.57. The quantitative estimate of drug-likeness (QED) is 0.502. The van der Waals surface area contributed by atoms with E-state index < -0.39 is 0 Å². The van der Waals surface area contributed by atoms with E-state index in [0.717, 1.165) is 11.3 Å². The van der Waals surface area contributed by atoms with Crippen LogP contribution in [0.2, 0.25) is 0 Å². The lowest BCUT2D eigenvalue weighted by atomic mass is 10.2. The van der Waals surface area contributed by atoms with E-state index in [1.165, 1.54) is 13.2 Å². The zero-order chi connectivity index (χ0) is 20.2. The lowest BCUT2D eigenvalue weighted by Crippen LogP contribution is -2.26. The molecule has 0 saturated carbocycles. The van der Waals surface area contributed by atoms with Crippen molar-refractivity contribution in [3.05, 3.63) is 54.1 Å². The fourth-order valence-corrected chi connectivity index (χ4v) is 2.26. The van der Waals surface area contributed by atoms with Gasteiger partial charge in [-0.2, -0.15) is 5.26 Å². The van der Waals surface area contributed by atoms with E-state index in [9.17, 15) is 4.79 Å². The predicted octanol–water partition coefficient (Wildman–Crippen LogP) is 2.81. The lowest BCUT2D eigenvalue weighted by Gasteiger charge is -2.09. The highest BCUT2D eigenvalue weighted by molar-refractivity contribution is 5.91. The highest BCUT2D eigenvalue weighted by Crippen LogP contribution is 2.28. The van der Waals surface area contributed by atoms with Crippen molar-refractivity contribution in [3.63, 3.8) is 0 Å². The Morgan fingerprint density at radius 1 is 1.04 bits per heavy atom. The number of methoxy groups -OCH3 is 2. The maximum absolute atomic E-state index is 11.9. The van der Waals surface area contributed by atoms with Crippen molar-refractivity contribution in [1.29, 1.82) is 5.26 Å². The number of amides is 1. The van der Waals surface area contributed by atoms with E-state index in [-0.39, 0.29) is 12.5 Å². The average Bonchev–Trinajstić information content (AvgIpc) is 2.74. The highest BCUT2D eigenvalue weighted by atomic mass is 16.5. The number of nitriles is 1. The smallest absolute Gasteiger partial charge is 0.244 e. The van der Waals surface area contributed by atoms with E-state index in [1.807, 2.05) is 18.2 Å². The second-order valence-electron chi connectivity index (χ2n) is 5.51. The van der Waals surface area contributed by atoms with Crippen LogP contribution in [0.1, 0.15) is 5.56 Å². The molecule has 0 aromatic heterocycles. The van der Waals surface area contributed by atoms with E-state index in [2.05, 4.69) is 5.32 Å². The van der Waals surface area contributed by atoms with Gasteiger partial charge in [-0.25, -0.2) is 0 Å². The molecule has 0 aliphatic heterocycles. The van der Waals surface area contributed by atoms with E-state index >= 15 is 0 Å². The van der Waals surface area contributed by atoms with Gasteiger partial charge >= 0.3 is 0 Å². The number of nitrogens with one attached hydrogen (secondary N) is 1. The summed E-state index contributed by atoms with van der Waals surface area (Å²) in [6, 6.07) is 14.3. The summed E-state index contributed by atoms with van der Waals surface area (Å²) in [5, 5.41) is 11.3. The normalized spacial score (nSPS) is 10.2. The van der Waals surface area contributed by atoms with Gasteiger partial charge in [0.1, 0.15) is 24.2 Å². The molecule has 1 amide bonds. The van der Waals surface area contributed by atoms with Gasteiger partial charge in [0, 0.05) is 6.08 Å². The minimum atomic E-state index is -0.234. The van der Waals surface area contributed by atoms with Crippen LogP contribution in [0.5, 0.6) is 23.0 Å². The van der Waals surface area contributed by atoms with Gasteiger partial charge in [-0.1, -0.05) is 6.07 Å². The van der Waals surface area contributed by atoms with Crippen molar-refractivity contribution in [2.75, 3.05) is 34.0 Å². The van der Waals surface area contributed by atoms with Crippen LogP contribution < -0.4 is 24.3 Å². The van der Waals surface area contributed by atoms with Crippen LogP contribution in [-0.4, -0.2) is 39.9 Å². The molecule has 28 heavy (non-hydrogen) atoms. The second kappa shape index (κ2) is 11.1. The molecular formula is C21H22N2O5.